The number of hydrogen-bond donors (Lipinski definition) is 2. The summed E-state index contributed by atoms with van der Waals surface area (Å²) in [5.74, 6) is 0.966. The lowest BCUT2D eigenvalue weighted by Crippen LogP contribution is -2.46. The number of aliphatic imine (C=N–C) groups is 1. The Morgan fingerprint density at radius 2 is 2.00 bits per heavy atom. The van der Waals surface area contributed by atoms with E-state index in [0.717, 1.165) is 19.0 Å². The van der Waals surface area contributed by atoms with Gasteiger partial charge >= 0.3 is 0 Å². The topological polar surface area (TPSA) is 36.4 Å². The molecular formula is C13H27N3. The highest BCUT2D eigenvalue weighted by molar-refractivity contribution is 5.79. The minimum absolute atomic E-state index is 0.558. The summed E-state index contributed by atoms with van der Waals surface area (Å²) in [6, 6.07) is 0. The summed E-state index contributed by atoms with van der Waals surface area (Å²) in [6.45, 7) is 6.61. The van der Waals surface area contributed by atoms with Crippen LogP contribution in [0.2, 0.25) is 0 Å². The van der Waals surface area contributed by atoms with Crippen LogP contribution in [0.1, 0.15) is 52.4 Å². The maximum absolute atomic E-state index is 4.25. The Hall–Kier alpha value is -0.730. The van der Waals surface area contributed by atoms with Crippen LogP contribution in [0.5, 0.6) is 0 Å². The molecule has 0 spiro atoms. The van der Waals surface area contributed by atoms with Gasteiger partial charge in [-0.05, 0) is 31.1 Å². The summed E-state index contributed by atoms with van der Waals surface area (Å²) < 4.78 is 0. The van der Waals surface area contributed by atoms with E-state index in [1.165, 1.54) is 38.5 Å². The van der Waals surface area contributed by atoms with Gasteiger partial charge in [-0.2, -0.15) is 0 Å². The second-order valence-electron chi connectivity index (χ2n) is 4.91. The fourth-order valence-electron chi connectivity index (χ4n) is 2.21. The Kier molecular flexibility index (Phi) is 5.64. The molecule has 1 saturated carbocycles. The number of unbranched alkanes of at least 4 members (excludes halogenated alkanes) is 1. The van der Waals surface area contributed by atoms with Gasteiger partial charge in [-0.3, -0.25) is 4.99 Å². The third-order valence-corrected chi connectivity index (χ3v) is 3.84. The number of guanidine groups is 1. The summed E-state index contributed by atoms with van der Waals surface area (Å²) in [5, 5.41) is 6.81. The Balaban J connectivity index is 2.23. The largest absolute Gasteiger partial charge is 0.356 e. The molecule has 0 aliphatic heterocycles. The van der Waals surface area contributed by atoms with E-state index in [1.807, 2.05) is 7.05 Å². The Morgan fingerprint density at radius 1 is 1.25 bits per heavy atom. The first-order valence-corrected chi connectivity index (χ1v) is 6.71. The highest BCUT2D eigenvalue weighted by Gasteiger charge is 2.34. The summed E-state index contributed by atoms with van der Waals surface area (Å²) in [4.78, 5) is 4.25. The normalized spacial score (nSPS) is 19.1. The average Bonchev–Trinajstić information content (AvgIpc) is 2.26. The van der Waals surface area contributed by atoms with Gasteiger partial charge in [0.15, 0.2) is 5.96 Å². The lowest BCUT2D eigenvalue weighted by Gasteiger charge is -2.41. The molecule has 1 aliphatic carbocycles. The second kappa shape index (κ2) is 6.77. The van der Waals surface area contributed by atoms with Gasteiger partial charge in [0.1, 0.15) is 0 Å². The predicted molar refractivity (Wildman–Crippen MR) is 70.8 cm³/mol. The van der Waals surface area contributed by atoms with Crippen LogP contribution in [0.15, 0.2) is 4.99 Å². The summed E-state index contributed by atoms with van der Waals surface area (Å²) in [7, 11) is 1.85. The molecule has 0 aromatic rings. The fourth-order valence-corrected chi connectivity index (χ4v) is 2.21. The van der Waals surface area contributed by atoms with Crippen LogP contribution in [-0.2, 0) is 0 Å². The molecule has 0 saturated heterocycles. The standard InChI is InChI=1S/C13H27N3/c1-4-6-10-15-12(14-3)16-11-13(5-2)8-7-9-13/h4-11H2,1-3H3,(H2,14,15,16). The van der Waals surface area contributed by atoms with Crippen LogP contribution in [0.3, 0.4) is 0 Å². The minimum Gasteiger partial charge on any atom is -0.356 e. The Morgan fingerprint density at radius 3 is 2.44 bits per heavy atom. The highest BCUT2D eigenvalue weighted by Crippen LogP contribution is 2.42. The van der Waals surface area contributed by atoms with E-state index in [2.05, 4.69) is 29.5 Å². The zero-order chi connectivity index (χ0) is 11.9. The lowest BCUT2D eigenvalue weighted by atomic mass is 9.67. The van der Waals surface area contributed by atoms with Crippen LogP contribution in [-0.4, -0.2) is 26.1 Å². The molecule has 1 fully saturated rings. The van der Waals surface area contributed by atoms with E-state index >= 15 is 0 Å². The Labute approximate surface area is 100 Å². The third-order valence-electron chi connectivity index (χ3n) is 3.84. The summed E-state index contributed by atoms with van der Waals surface area (Å²) in [6.07, 6.45) is 7.87. The molecule has 0 radical (unpaired) electrons. The maximum atomic E-state index is 4.25. The van der Waals surface area contributed by atoms with Crippen molar-refractivity contribution < 1.29 is 0 Å². The number of rotatable bonds is 6. The first-order chi connectivity index (χ1) is 7.76. The van der Waals surface area contributed by atoms with Crippen molar-refractivity contribution in [3.8, 4) is 0 Å². The van der Waals surface area contributed by atoms with E-state index in [1.54, 1.807) is 0 Å². The fraction of sp³-hybridized carbons (Fsp3) is 0.923. The molecule has 0 atom stereocenters. The first kappa shape index (κ1) is 13.3. The van der Waals surface area contributed by atoms with E-state index < -0.39 is 0 Å². The number of nitrogens with one attached hydrogen (secondary N) is 2. The molecule has 94 valence electrons. The van der Waals surface area contributed by atoms with Gasteiger partial charge in [0, 0.05) is 20.1 Å². The van der Waals surface area contributed by atoms with Gasteiger partial charge in [-0.1, -0.05) is 26.7 Å². The van der Waals surface area contributed by atoms with Crippen LogP contribution in [0.25, 0.3) is 0 Å². The molecule has 0 unspecified atom stereocenters. The number of hydrogen-bond acceptors (Lipinski definition) is 1. The zero-order valence-corrected chi connectivity index (χ0v) is 11.1. The summed E-state index contributed by atoms with van der Waals surface area (Å²) in [5.41, 5.74) is 0.558. The van der Waals surface area contributed by atoms with Gasteiger partial charge in [0.2, 0.25) is 0 Å². The van der Waals surface area contributed by atoms with Gasteiger partial charge in [-0.25, -0.2) is 0 Å². The molecule has 16 heavy (non-hydrogen) atoms. The predicted octanol–water partition coefficient (Wildman–Crippen LogP) is 2.53. The molecule has 0 aromatic heterocycles. The average molecular weight is 225 g/mol. The Bertz CT molecular complexity index is 214. The maximum Gasteiger partial charge on any atom is 0.190 e. The van der Waals surface area contributed by atoms with E-state index in [4.69, 9.17) is 0 Å². The van der Waals surface area contributed by atoms with Gasteiger partial charge in [-0.15, -0.1) is 0 Å². The minimum atomic E-state index is 0.558. The zero-order valence-electron chi connectivity index (χ0n) is 11.1. The quantitative estimate of drug-likeness (QED) is 0.414. The lowest BCUT2D eigenvalue weighted by molar-refractivity contribution is 0.131. The molecule has 0 bridgehead atoms. The van der Waals surface area contributed by atoms with Crippen LogP contribution < -0.4 is 10.6 Å². The molecule has 3 nitrogen and oxygen atoms in total. The van der Waals surface area contributed by atoms with Crippen LogP contribution in [0.4, 0.5) is 0 Å². The van der Waals surface area contributed by atoms with Crippen molar-refractivity contribution in [1.82, 2.24) is 10.6 Å². The van der Waals surface area contributed by atoms with E-state index in [0.29, 0.717) is 5.41 Å². The molecule has 1 aliphatic rings. The van der Waals surface area contributed by atoms with Crippen molar-refractivity contribution in [1.29, 1.82) is 0 Å². The smallest absolute Gasteiger partial charge is 0.190 e. The molecule has 1 rings (SSSR count). The molecule has 0 amide bonds. The van der Waals surface area contributed by atoms with E-state index in [-0.39, 0.29) is 0 Å². The second-order valence-corrected chi connectivity index (χ2v) is 4.91. The van der Waals surface area contributed by atoms with Crippen LogP contribution in [0, 0.1) is 5.41 Å². The highest BCUT2D eigenvalue weighted by atomic mass is 15.2. The van der Waals surface area contributed by atoms with Crippen molar-refractivity contribution in [3.05, 3.63) is 0 Å². The molecule has 0 aromatic carbocycles. The number of nitrogens with zero attached hydrogens (tertiary/aromatic N) is 1. The molecule has 2 N–H and O–H groups in total. The third kappa shape index (κ3) is 3.69. The van der Waals surface area contributed by atoms with Gasteiger partial charge < -0.3 is 10.6 Å². The van der Waals surface area contributed by atoms with Crippen molar-refractivity contribution in [2.45, 2.75) is 52.4 Å². The first-order valence-electron chi connectivity index (χ1n) is 6.71. The molecule has 0 heterocycles. The molecular weight excluding hydrogens is 198 g/mol. The van der Waals surface area contributed by atoms with Crippen molar-refractivity contribution >= 4 is 5.96 Å². The molecule has 3 heteroatoms. The summed E-state index contributed by atoms with van der Waals surface area (Å²) >= 11 is 0. The van der Waals surface area contributed by atoms with E-state index in [9.17, 15) is 0 Å². The van der Waals surface area contributed by atoms with Crippen molar-refractivity contribution in [3.63, 3.8) is 0 Å². The van der Waals surface area contributed by atoms with Gasteiger partial charge in [0.05, 0.1) is 0 Å². The van der Waals surface area contributed by atoms with Crippen molar-refractivity contribution in [2.24, 2.45) is 10.4 Å². The van der Waals surface area contributed by atoms with Crippen molar-refractivity contribution in [2.75, 3.05) is 20.1 Å². The van der Waals surface area contributed by atoms with Gasteiger partial charge in [0.25, 0.3) is 0 Å². The van der Waals surface area contributed by atoms with Crippen LogP contribution >= 0.6 is 0 Å². The SMILES string of the molecule is CCCCNC(=NC)NCC1(CC)CCC1. The monoisotopic (exact) mass is 225 g/mol.